The van der Waals surface area contributed by atoms with E-state index in [1.165, 1.54) is 13.8 Å². The van der Waals surface area contributed by atoms with Crippen LogP contribution < -0.4 is 41.0 Å². The van der Waals surface area contributed by atoms with Crippen molar-refractivity contribution in [3.63, 3.8) is 0 Å². The van der Waals surface area contributed by atoms with Crippen LogP contribution in [0, 0.1) is 79.4 Å². The number of carbonyl (C=O) groups excluding carboxylic acids is 3. The molecule has 0 spiro atoms. The number of rotatable bonds is 42. The molecule has 8 N–H and O–H groups in total. The van der Waals surface area contributed by atoms with Crippen LogP contribution >= 0.6 is 0 Å². The monoisotopic (exact) mass is 1300 g/mol. The van der Waals surface area contributed by atoms with Gasteiger partial charge in [0.25, 0.3) is 21.7 Å². The van der Waals surface area contributed by atoms with Gasteiger partial charge in [0.05, 0.1) is 39.6 Å². The smallest absolute Gasteiger partial charge is 0.493 e. The van der Waals surface area contributed by atoms with Gasteiger partial charge < -0.3 is 70.2 Å². The zero-order valence-electron chi connectivity index (χ0n) is 57.2. The molecular formula is C67H112N6O19. The Hall–Kier alpha value is -5.99. The maximum Gasteiger partial charge on any atom is 0.512 e. The predicted octanol–water partition coefficient (Wildman–Crippen LogP) is 9.70. The molecule has 0 heterocycles. The lowest BCUT2D eigenvalue weighted by molar-refractivity contribution is -0.800. The van der Waals surface area contributed by atoms with Gasteiger partial charge in [-0.3, -0.25) is 19.3 Å². The number of nitrogens with one attached hydrogen (secondary N) is 2. The van der Waals surface area contributed by atoms with E-state index in [4.69, 9.17) is 59.0 Å². The van der Waals surface area contributed by atoms with E-state index >= 15 is 0 Å². The Morgan fingerprint density at radius 3 is 1.18 bits per heavy atom. The molecule has 2 amide bonds. The van der Waals surface area contributed by atoms with Crippen molar-refractivity contribution in [1.82, 2.24) is 10.6 Å². The van der Waals surface area contributed by atoms with Crippen LogP contribution in [0.2, 0.25) is 0 Å². The van der Waals surface area contributed by atoms with Gasteiger partial charge in [0.2, 0.25) is 11.8 Å². The number of benzene rings is 2. The van der Waals surface area contributed by atoms with Crippen molar-refractivity contribution >= 4 is 18.0 Å². The number of ether oxygens (including phenoxy) is 8. The lowest BCUT2D eigenvalue weighted by Gasteiger charge is -2.41. The third-order valence-corrected chi connectivity index (χ3v) is 19.0. The number of carbonyl (C=O) groups is 3. The van der Waals surface area contributed by atoms with Crippen molar-refractivity contribution < 1.29 is 82.3 Å². The first-order chi connectivity index (χ1) is 43.5. The lowest BCUT2D eigenvalue weighted by Crippen LogP contribution is -2.51. The molecule has 0 aromatic heterocycles. The molecule has 0 radical (unpaired) electrons. The van der Waals surface area contributed by atoms with Crippen LogP contribution in [0.3, 0.4) is 0 Å². The van der Waals surface area contributed by atoms with E-state index in [9.17, 15) is 44.8 Å². The summed E-state index contributed by atoms with van der Waals surface area (Å²) in [5.74, 6) is -4.83. The van der Waals surface area contributed by atoms with Gasteiger partial charge in [0, 0.05) is 102 Å². The van der Waals surface area contributed by atoms with Crippen LogP contribution in [0.4, 0.5) is 4.79 Å². The molecule has 25 nitrogen and oxygen atoms in total. The zero-order chi connectivity index (χ0) is 68.5. The summed E-state index contributed by atoms with van der Waals surface area (Å²) >= 11 is 0. The van der Waals surface area contributed by atoms with Gasteiger partial charge >= 0.3 is 6.16 Å². The van der Waals surface area contributed by atoms with E-state index in [-0.39, 0.29) is 97.9 Å². The molecule has 4 rings (SSSR count). The predicted molar refractivity (Wildman–Crippen MR) is 345 cm³/mol. The normalized spacial score (nSPS) is 20.8. The van der Waals surface area contributed by atoms with Crippen molar-refractivity contribution in [3.05, 3.63) is 67.8 Å². The minimum atomic E-state index is -2.21. The molecule has 92 heavy (non-hydrogen) atoms. The van der Waals surface area contributed by atoms with Crippen LogP contribution in [0.5, 0.6) is 23.0 Å². The summed E-state index contributed by atoms with van der Waals surface area (Å²) in [5.41, 5.74) is 15.5. The first-order valence-corrected chi connectivity index (χ1v) is 33.1. The molecule has 25 heteroatoms. The largest absolute Gasteiger partial charge is 0.512 e. The molecule has 2 aliphatic rings. The number of methoxy groups -OCH3 is 4. The van der Waals surface area contributed by atoms with Crippen molar-refractivity contribution in [3.8, 4) is 23.0 Å². The first-order valence-electron chi connectivity index (χ1n) is 33.1. The molecule has 2 aromatic rings. The first kappa shape index (κ1) is 78.5. The molecule has 2 aliphatic carbocycles. The summed E-state index contributed by atoms with van der Waals surface area (Å²) in [6, 6.07) is 9.74. The van der Waals surface area contributed by atoms with Crippen molar-refractivity contribution in [2.24, 2.45) is 70.6 Å². The lowest BCUT2D eigenvalue weighted by atomic mass is 9.79. The Balaban J connectivity index is 1.32. The Morgan fingerprint density at radius 1 is 0.543 bits per heavy atom. The molecule has 2 saturated carbocycles. The second-order valence-corrected chi connectivity index (χ2v) is 27.1. The minimum absolute atomic E-state index is 0.101. The summed E-state index contributed by atoms with van der Waals surface area (Å²) in [4.78, 5) is 75.8. The highest BCUT2D eigenvalue weighted by Crippen LogP contribution is 2.41. The van der Waals surface area contributed by atoms with Crippen LogP contribution in [0.15, 0.2) is 36.4 Å². The maximum absolute atomic E-state index is 14.0. The molecule has 10 atom stereocenters. The molecule has 0 bridgehead atoms. The van der Waals surface area contributed by atoms with Crippen LogP contribution in [-0.2, 0) is 51.1 Å². The van der Waals surface area contributed by atoms with Crippen molar-refractivity contribution in [2.45, 2.75) is 220 Å². The average molecular weight is 1310 g/mol. The number of nitrogens with two attached hydrogens (primary N) is 2. The van der Waals surface area contributed by atoms with Gasteiger partial charge in [-0.25, -0.2) is 4.79 Å². The van der Waals surface area contributed by atoms with E-state index in [0.717, 1.165) is 24.0 Å². The fourth-order valence-corrected chi connectivity index (χ4v) is 12.9. The van der Waals surface area contributed by atoms with Crippen LogP contribution in [0.1, 0.15) is 170 Å². The third-order valence-electron chi connectivity index (χ3n) is 19.0. The Morgan fingerprint density at radius 2 is 0.891 bits per heavy atom. The second kappa shape index (κ2) is 38.4. The van der Waals surface area contributed by atoms with E-state index in [2.05, 4.69) is 38.3 Å². The average Bonchev–Trinajstić information content (AvgIpc) is 0.935. The number of hydrogen-bond donors (Lipinski definition) is 6. The molecular weight excluding hydrogens is 1190 g/mol. The second-order valence-electron chi connectivity index (χ2n) is 27.1. The number of nitrogens with zero attached hydrogens (tertiary/aromatic N) is 2. The summed E-state index contributed by atoms with van der Waals surface area (Å²) in [6.07, 6.45) is 2.71. The quantitative estimate of drug-likeness (QED) is 0.0118. The van der Waals surface area contributed by atoms with Gasteiger partial charge in [0.15, 0.2) is 23.0 Å². The topological polar surface area (TPSA) is 346 Å². The van der Waals surface area contributed by atoms with Crippen LogP contribution in [0.25, 0.3) is 0 Å². The van der Waals surface area contributed by atoms with Crippen molar-refractivity contribution in [2.75, 3.05) is 54.9 Å². The Labute approximate surface area is 545 Å². The van der Waals surface area contributed by atoms with Crippen molar-refractivity contribution in [1.29, 1.82) is 0 Å². The molecule has 2 fully saturated rings. The summed E-state index contributed by atoms with van der Waals surface area (Å²) in [5, 5.41) is 51.1. The molecule has 524 valence electrons. The molecule has 0 aliphatic heterocycles. The Kier molecular flexibility index (Phi) is 32.7. The van der Waals surface area contributed by atoms with Gasteiger partial charge in [-0.05, 0) is 161 Å². The summed E-state index contributed by atoms with van der Waals surface area (Å²) < 4.78 is 44.6. The van der Waals surface area contributed by atoms with E-state index in [0.29, 0.717) is 101 Å². The minimum Gasteiger partial charge on any atom is -0.493 e. The fraction of sp³-hybridized carbons (Fsp3) is 0.776. The highest BCUT2D eigenvalue weighted by atomic mass is 17.0. The highest BCUT2D eigenvalue weighted by Gasteiger charge is 2.49. The van der Waals surface area contributed by atoms with Gasteiger partial charge in [0.1, 0.15) is 0 Å². The number of aliphatic hydroxyl groups excluding tert-OH is 2. The molecule has 2 aromatic carbocycles. The molecule has 0 saturated heterocycles. The summed E-state index contributed by atoms with van der Waals surface area (Å²) in [6.45, 7) is 20.6. The Bertz CT molecular complexity index is 2390. The molecule has 2 unspecified atom stereocenters. The highest BCUT2D eigenvalue weighted by molar-refractivity contribution is 5.79. The van der Waals surface area contributed by atoms with E-state index in [1.54, 1.807) is 28.4 Å². The van der Waals surface area contributed by atoms with E-state index in [1.807, 2.05) is 64.1 Å². The SMILES string of the molecule is COCCCOc1cc(C[C@@H](C[C@H](N)[C@@H](O)C[C@H](C(=O)NC2CCC(C(C)(OC(=O)OC(C)(O[N+](=O)[O-])C3CCC(NC(=O)[C@@H](C[C@H](O)[C@@H](N)C[C@H](Cc4ccc(OC)c(OCCCOC)c4)C(C)C)C(C)C)CC3)O[N+](=O)[O-])CC2)C(C)C)C(C)C)ccc1OC. The maximum atomic E-state index is 14.0. The zero-order valence-corrected chi connectivity index (χ0v) is 57.2. The van der Waals surface area contributed by atoms with Gasteiger partial charge in [-0.2, -0.15) is 0 Å². The number of amides is 2. The van der Waals surface area contributed by atoms with Gasteiger partial charge in [-0.1, -0.05) is 67.5 Å². The van der Waals surface area contributed by atoms with Crippen LogP contribution in [-0.4, -0.2) is 141 Å². The standard InChI is InChI=1S/C67H112N6O19/c1-41(2)47(33-45-17-27-59(85-13)61(35-45)87-31-15-29-83-11)37-55(68)57(74)39-53(43(5)6)63(76)70-51-23-19-49(20-24-51)66(9,91-72(79)80)89-65(78)90-67(10,92-73(81)82)50-21-25-52(26-22-50)71-64(77)54(44(7)8)40-58(75)56(69)38-48(42(3)4)34-46-18-28-60(86-14)62(36-46)88-32-16-30-84-12/h17-18,27-28,35-36,41-44,47-58,74-75H,15-16,19-26,29-34,37-40,68-69H2,1-14H3,(H,70,76)(H,71,77)/t47-,48-,49?,50?,51?,52?,53-,54-,55-,56-,57-,58-,66?,67?/m0/s1. The van der Waals surface area contributed by atoms with E-state index < -0.39 is 75.9 Å². The fourth-order valence-electron chi connectivity index (χ4n) is 12.9. The summed E-state index contributed by atoms with van der Waals surface area (Å²) in [7, 11) is 6.48. The van der Waals surface area contributed by atoms with Gasteiger partial charge in [-0.15, -0.1) is 20.2 Å². The third kappa shape index (κ3) is 25.1. The number of hydrogen-bond acceptors (Lipinski definition) is 21. The number of aliphatic hydroxyl groups is 2.